The maximum atomic E-state index is 5.91. The minimum atomic E-state index is 0.323. The van der Waals surface area contributed by atoms with Crippen LogP contribution in [0.2, 0.25) is 0 Å². The number of nitrogens with two attached hydrogens (primary N) is 1. The maximum Gasteiger partial charge on any atom is 0.129 e. The van der Waals surface area contributed by atoms with Crippen LogP contribution in [0.4, 0.5) is 0 Å². The van der Waals surface area contributed by atoms with Gasteiger partial charge in [0.2, 0.25) is 0 Å². The van der Waals surface area contributed by atoms with E-state index in [-0.39, 0.29) is 0 Å². The highest BCUT2D eigenvalue weighted by Crippen LogP contribution is 2.26. The highest BCUT2D eigenvalue weighted by Gasteiger charge is 2.24. The normalized spacial score (nSPS) is 25.9. The molecule has 90 valence electrons. The summed E-state index contributed by atoms with van der Waals surface area (Å²) in [7, 11) is 0. The first-order chi connectivity index (χ1) is 7.79. The van der Waals surface area contributed by atoms with Crippen molar-refractivity contribution in [3.8, 4) is 0 Å². The predicted molar refractivity (Wildman–Crippen MR) is 63.0 cm³/mol. The van der Waals surface area contributed by atoms with Crippen molar-refractivity contribution in [2.45, 2.75) is 45.3 Å². The molecule has 0 aliphatic heterocycles. The Hall–Kier alpha value is -0.800. The molecule has 1 heterocycles. The highest BCUT2D eigenvalue weighted by atomic mass is 16.5. The summed E-state index contributed by atoms with van der Waals surface area (Å²) < 4.78 is 11.4. The monoisotopic (exact) mass is 223 g/mol. The van der Waals surface area contributed by atoms with Gasteiger partial charge in [-0.15, -0.1) is 0 Å². The molecule has 2 atom stereocenters. The van der Waals surface area contributed by atoms with Crippen molar-refractivity contribution in [3.05, 3.63) is 23.7 Å². The lowest BCUT2D eigenvalue weighted by Gasteiger charge is -2.30. The molecule has 0 saturated heterocycles. The van der Waals surface area contributed by atoms with Gasteiger partial charge in [0.1, 0.15) is 18.1 Å². The molecular formula is C13H21NO2. The number of hydrogen-bond acceptors (Lipinski definition) is 3. The van der Waals surface area contributed by atoms with Gasteiger partial charge in [-0.05, 0) is 44.4 Å². The van der Waals surface area contributed by atoms with Crippen molar-refractivity contribution in [1.82, 2.24) is 0 Å². The molecule has 0 amide bonds. The Morgan fingerprint density at radius 1 is 1.38 bits per heavy atom. The van der Waals surface area contributed by atoms with Crippen LogP contribution in [0.5, 0.6) is 0 Å². The van der Waals surface area contributed by atoms with E-state index < -0.39 is 0 Å². The molecule has 2 N–H and O–H groups in total. The van der Waals surface area contributed by atoms with Gasteiger partial charge in [0.25, 0.3) is 0 Å². The van der Waals surface area contributed by atoms with Crippen molar-refractivity contribution < 1.29 is 9.15 Å². The SMILES string of the molecule is Cc1ccc(COC2CCCCC2CN)o1. The van der Waals surface area contributed by atoms with Crippen LogP contribution in [-0.2, 0) is 11.3 Å². The molecule has 1 aromatic rings. The van der Waals surface area contributed by atoms with E-state index in [1.54, 1.807) is 0 Å². The molecule has 16 heavy (non-hydrogen) atoms. The Bertz CT molecular complexity index is 321. The molecule has 1 aromatic heterocycles. The van der Waals surface area contributed by atoms with Crippen LogP contribution in [0.3, 0.4) is 0 Å². The standard InChI is InChI=1S/C13H21NO2/c1-10-6-7-12(16-10)9-15-13-5-3-2-4-11(13)8-14/h6-7,11,13H,2-5,8-9,14H2,1H3. The fraction of sp³-hybridized carbons (Fsp3) is 0.692. The van der Waals surface area contributed by atoms with Crippen molar-refractivity contribution in [2.24, 2.45) is 11.7 Å². The van der Waals surface area contributed by atoms with E-state index in [1.807, 2.05) is 19.1 Å². The van der Waals surface area contributed by atoms with Crippen LogP contribution in [0.15, 0.2) is 16.5 Å². The second-order valence-electron chi connectivity index (χ2n) is 4.64. The number of rotatable bonds is 4. The number of aryl methyl sites for hydroxylation is 1. The molecule has 3 nitrogen and oxygen atoms in total. The molecule has 2 unspecified atom stereocenters. The quantitative estimate of drug-likeness (QED) is 0.853. The highest BCUT2D eigenvalue weighted by molar-refractivity contribution is 5.04. The van der Waals surface area contributed by atoms with E-state index in [0.29, 0.717) is 18.6 Å². The minimum absolute atomic E-state index is 0.323. The Morgan fingerprint density at radius 2 is 2.19 bits per heavy atom. The van der Waals surface area contributed by atoms with Crippen LogP contribution in [-0.4, -0.2) is 12.6 Å². The van der Waals surface area contributed by atoms with Crippen LogP contribution in [0.1, 0.15) is 37.2 Å². The van der Waals surface area contributed by atoms with E-state index >= 15 is 0 Å². The maximum absolute atomic E-state index is 5.91. The van der Waals surface area contributed by atoms with Crippen molar-refractivity contribution in [3.63, 3.8) is 0 Å². The van der Waals surface area contributed by atoms with Gasteiger partial charge in [-0.2, -0.15) is 0 Å². The summed E-state index contributed by atoms with van der Waals surface area (Å²) in [5.41, 5.74) is 5.76. The molecule has 1 saturated carbocycles. The smallest absolute Gasteiger partial charge is 0.129 e. The summed E-state index contributed by atoms with van der Waals surface area (Å²) in [6.45, 7) is 3.27. The van der Waals surface area contributed by atoms with Gasteiger partial charge < -0.3 is 14.9 Å². The molecule has 3 heteroatoms. The Balaban J connectivity index is 1.84. The lowest BCUT2D eigenvalue weighted by molar-refractivity contribution is -0.0248. The summed E-state index contributed by atoms with van der Waals surface area (Å²) in [6, 6.07) is 3.95. The van der Waals surface area contributed by atoms with Gasteiger partial charge in [-0.3, -0.25) is 0 Å². The van der Waals surface area contributed by atoms with Gasteiger partial charge in [-0.25, -0.2) is 0 Å². The third-order valence-corrected chi connectivity index (χ3v) is 3.38. The number of hydrogen-bond donors (Lipinski definition) is 1. The Labute approximate surface area is 97.0 Å². The van der Waals surface area contributed by atoms with E-state index in [9.17, 15) is 0 Å². The van der Waals surface area contributed by atoms with Gasteiger partial charge in [-0.1, -0.05) is 12.8 Å². The molecule has 1 aliphatic carbocycles. The van der Waals surface area contributed by atoms with Gasteiger partial charge in [0.05, 0.1) is 6.10 Å². The average molecular weight is 223 g/mol. The van der Waals surface area contributed by atoms with Crippen LogP contribution in [0.25, 0.3) is 0 Å². The molecule has 0 radical (unpaired) electrons. The third kappa shape index (κ3) is 2.86. The summed E-state index contributed by atoms with van der Waals surface area (Å²) in [4.78, 5) is 0. The van der Waals surface area contributed by atoms with Gasteiger partial charge >= 0.3 is 0 Å². The predicted octanol–water partition coefficient (Wildman–Crippen LogP) is 2.62. The van der Waals surface area contributed by atoms with Crippen molar-refractivity contribution in [2.75, 3.05) is 6.54 Å². The Morgan fingerprint density at radius 3 is 2.88 bits per heavy atom. The van der Waals surface area contributed by atoms with E-state index in [2.05, 4.69) is 0 Å². The number of ether oxygens (including phenoxy) is 1. The van der Waals surface area contributed by atoms with Crippen LogP contribution >= 0.6 is 0 Å². The van der Waals surface area contributed by atoms with Crippen molar-refractivity contribution in [1.29, 1.82) is 0 Å². The van der Waals surface area contributed by atoms with Crippen molar-refractivity contribution >= 4 is 0 Å². The summed E-state index contributed by atoms with van der Waals surface area (Å²) in [5.74, 6) is 2.39. The second kappa shape index (κ2) is 5.51. The molecule has 2 rings (SSSR count). The summed E-state index contributed by atoms with van der Waals surface area (Å²) >= 11 is 0. The number of furan rings is 1. The lowest BCUT2D eigenvalue weighted by Crippen LogP contribution is -2.33. The van der Waals surface area contributed by atoms with Crippen LogP contribution in [0, 0.1) is 12.8 Å². The van der Waals surface area contributed by atoms with Gasteiger partial charge in [0.15, 0.2) is 0 Å². The first-order valence-corrected chi connectivity index (χ1v) is 6.16. The first-order valence-electron chi connectivity index (χ1n) is 6.16. The summed E-state index contributed by atoms with van der Waals surface area (Å²) in [6.07, 6.45) is 5.23. The topological polar surface area (TPSA) is 48.4 Å². The molecule has 0 bridgehead atoms. The molecule has 1 aliphatic rings. The largest absolute Gasteiger partial charge is 0.464 e. The fourth-order valence-electron chi connectivity index (χ4n) is 2.41. The lowest BCUT2D eigenvalue weighted by atomic mass is 9.86. The van der Waals surface area contributed by atoms with E-state index in [1.165, 1.54) is 19.3 Å². The van der Waals surface area contributed by atoms with Gasteiger partial charge in [0, 0.05) is 0 Å². The third-order valence-electron chi connectivity index (χ3n) is 3.38. The zero-order chi connectivity index (χ0) is 11.4. The average Bonchev–Trinajstić information content (AvgIpc) is 2.73. The zero-order valence-electron chi connectivity index (χ0n) is 9.95. The first kappa shape index (κ1) is 11.7. The van der Waals surface area contributed by atoms with Crippen LogP contribution < -0.4 is 5.73 Å². The van der Waals surface area contributed by atoms with E-state index in [0.717, 1.165) is 24.5 Å². The molecule has 1 fully saturated rings. The molecule has 0 spiro atoms. The van der Waals surface area contributed by atoms with E-state index in [4.69, 9.17) is 14.9 Å². The Kier molecular flexibility index (Phi) is 4.02. The summed E-state index contributed by atoms with van der Waals surface area (Å²) in [5, 5.41) is 0. The molecular weight excluding hydrogens is 202 g/mol. The molecule has 0 aromatic carbocycles. The minimum Gasteiger partial charge on any atom is -0.464 e. The second-order valence-corrected chi connectivity index (χ2v) is 4.64. The fourth-order valence-corrected chi connectivity index (χ4v) is 2.41. The zero-order valence-corrected chi connectivity index (χ0v) is 9.95.